The maximum absolute atomic E-state index is 11.7. The van der Waals surface area contributed by atoms with Gasteiger partial charge in [0, 0.05) is 11.6 Å². The van der Waals surface area contributed by atoms with Gasteiger partial charge in [0.25, 0.3) is 0 Å². The highest BCUT2D eigenvalue weighted by Crippen LogP contribution is 2.22. The molecule has 1 aromatic carbocycles. The molecule has 88 valence electrons. The summed E-state index contributed by atoms with van der Waals surface area (Å²) in [4.78, 5) is 11.7. The van der Waals surface area contributed by atoms with E-state index in [4.69, 9.17) is 17.3 Å². The van der Waals surface area contributed by atoms with Crippen LogP contribution in [0.2, 0.25) is 5.02 Å². The van der Waals surface area contributed by atoms with Crippen molar-refractivity contribution >= 4 is 28.9 Å². The first-order valence-electron chi connectivity index (χ1n) is 5.40. The summed E-state index contributed by atoms with van der Waals surface area (Å²) in [7, 11) is 0. The van der Waals surface area contributed by atoms with Gasteiger partial charge in [-0.3, -0.25) is 4.79 Å². The molecule has 16 heavy (non-hydrogen) atoms. The van der Waals surface area contributed by atoms with E-state index < -0.39 is 0 Å². The van der Waals surface area contributed by atoms with Gasteiger partial charge in [-0.25, -0.2) is 0 Å². The van der Waals surface area contributed by atoms with Gasteiger partial charge in [-0.1, -0.05) is 31.9 Å². The Hall–Kier alpha value is -1.22. The molecule has 1 unspecified atom stereocenters. The summed E-state index contributed by atoms with van der Waals surface area (Å²) >= 11 is 5.79. The molecule has 4 heteroatoms. The van der Waals surface area contributed by atoms with E-state index in [1.807, 2.05) is 6.92 Å². The quantitative estimate of drug-likeness (QED) is 0.794. The first-order valence-corrected chi connectivity index (χ1v) is 5.78. The number of hydrogen-bond donors (Lipinski definition) is 2. The van der Waals surface area contributed by atoms with Crippen LogP contribution in [0.1, 0.15) is 26.7 Å². The zero-order valence-corrected chi connectivity index (χ0v) is 10.3. The number of benzene rings is 1. The first-order chi connectivity index (χ1) is 7.54. The van der Waals surface area contributed by atoms with Crippen molar-refractivity contribution in [1.82, 2.24) is 0 Å². The fourth-order valence-electron chi connectivity index (χ4n) is 1.45. The van der Waals surface area contributed by atoms with Crippen LogP contribution in [0.3, 0.4) is 0 Å². The van der Waals surface area contributed by atoms with Crippen molar-refractivity contribution in [1.29, 1.82) is 0 Å². The Bertz CT molecular complexity index is 379. The lowest BCUT2D eigenvalue weighted by atomic mass is 10.1. The lowest BCUT2D eigenvalue weighted by Crippen LogP contribution is -2.20. The standard InChI is InChI=1S/C12H17ClN2O/c1-3-4-8(2)12(16)15-9-5-6-10(13)11(14)7-9/h5-8H,3-4,14H2,1-2H3,(H,15,16). The maximum Gasteiger partial charge on any atom is 0.227 e. The van der Waals surface area contributed by atoms with E-state index >= 15 is 0 Å². The van der Waals surface area contributed by atoms with Gasteiger partial charge in [-0.05, 0) is 24.6 Å². The predicted octanol–water partition coefficient (Wildman–Crippen LogP) is 3.30. The summed E-state index contributed by atoms with van der Waals surface area (Å²) in [5, 5.41) is 3.32. The van der Waals surface area contributed by atoms with Gasteiger partial charge in [0.2, 0.25) is 5.91 Å². The van der Waals surface area contributed by atoms with Crippen molar-refractivity contribution in [3.63, 3.8) is 0 Å². The van der Waals surface area contributed by atoms with Crippen LogP contribution in [0.4, 0.5) is 11.4 Å². The summed E-state index contributed by atoms with van der Waals surface area (Å²) in [6.07, 6.45) is 1.88. The minimum absolute atomic E-state index is 0.0157. The Labute approximate surface area is 101 Å². The molecule has 0 heterocycles. The largest absolute Gasteiger partial charge is 0.397 e. The molecule has 1 aromatic rings. The second-order valence-electron chi connectivity index (χ2n) is 3.92. The Kier molecular flexibility index (Phi) is 4.62. The summed E-state index contributed by atoms with van der Waals surface area (Å²) in [5.74, 6) is 0.0328. The van der Waals surface area contributed by atoms with Crippen LogP contribution in [-0.4, -0.2) is 5.91 Å². The molecule has 3 N–H and O–H groups in total. The van der Waals surface area contributed by atoms with E-state index in [0.717, 1.165) is 12.8 Å². The number of hydrogen-bond acceptors (Lipinski definition) is 2. The summed E-state index contributed by atoms with van der Waals surface area (Å²) < 4.78 is 0. The Morgan fingerprint density at radius 1 is 1.56 bits per heavy atom. The maximum atomic E-state index is 11.7. The van der Waals surface area contributed by atoms with E-state index in [1.54, 1.807) is 18.2 Å². The summed E-state index contributed by atoms with van der Waals surface area (Å²) in [6.45, 7) is 3.97. The fraction of sp³-hybridized carbons (Fsp3) is 0.417. The van der Waals surface area contributed by atoms with Crippen molar-refractivity contribution in [3.05, 3.63) is 23.2 Å². The van der Waals surface area contributed by atoms with Crippen LogP contribution >= 0.6 is 11.6 Å². The van der Waals surface area contributed by atoms with Crippen LogP contribution in [0.25, 0.3) is 0 Å². The molecule has 0 aliphatic rings. The van der Waals surface area contributed by atoms with E-state index in [0.29, 0.717) is 16.4 Å². The topological polar surface area (TPSA) is 55.1 Å². The molecule has 0 aromatic heterocycles. The van der Waals surface area contributed by atoms with Crippen molar-refractivity contribution in [2.75, 3.05) is 11.1 Å². The van der Waals surface area contributed by atoms with Gasteiger partial charge in [0.05, 0.1) is 10.7 Å². The smallest absolute Gasteiger partial charge is 0.227 e. The number of amides is 1. The predicted molar refractivity (Wildman–Crippen MR) is 68.6 cm³/mol. The van der Waals surface area contributed by atoms with Crippen molar-refractivity contribution in [2.45, 2.75) is 26.7 Å². The molecular weight excluding hydrogens is 224 g/mol. The highest BCUT2D eigenvalue weighted by Gasteiger charge is 2.11. The molecule has 1 amide bonds. The Morgan fingerprint density at radius 3 is 2.81 bits per heavy atom. The van der Waals surface area contributed by atoms with Gasteiger partial charge in [0.1, 0.15) is 0 Å². The first kappa shape index (κ1) is 12.8. The minimum Gasteiger partial charge on any atom is -0.397 e. The molecule has 0 aliphatic heterocycles. The van der Waals surface area contributed by atoms with Gasteiger partial charge in [-0.15, -0.1) is 0 Å². The number of nitrogen functional groups attached to an aromatic ring is 1. The van der Waals surface area contributed by atoms with Gasteiger partial charge in [0.15, 0.2) is 0 Å². The molecule has 0 bridgehead atoms. The molecule has 0 spiro atoms. The fourth-order valence-corrected chi connectivity index (χ4v) is 1.57. The number of rotatable bonds is 4. The average Bonchev–Trinajstić information content (AvgIpc) is 2.24. The highest BCUT2D eigenvalue weighted by molar-refractivity contribution is 6.33. The molecule has 0 aliphatic carbocycles. The van der Waals surface area contributed by atoms with Gasteiger partial charge >= 0.3 is 0 Å². The highest BCUT2D eigenvalue weighted by atomic mass is 35.5. The monoisotopic (exact) mass is 240 g/mol. The number of nitrogens with one attached hydrogen (secondary N) is 1. The van der Waals surface area contributed by atoms with E-state index in [2.05, 4.69) is 12.2 Å². The third kappa shape index (κ3) is 3.42. The number of anilines is 2. The average molecular weight is 241 g/mol. The SMILES string of the molecule is CCCC(C)C(=O)Nc1ccc(Cl)c(N)c1. The number of carbonyl (C=O) groups is 1. The Balaban J connectivity index is 2.66. The van der Waals surface area contributed by atoms with Crippen molar-refractivity contribution in [2.24, 2.45) is 5.92 Å². The molecule has 1 atom stereocenters. The molecule has 0 saturated carbocycles. The van der Waals surface area contributed by atoms with E-state index in [-0.39, 0.29) is 11.8 Å². The second kappa shape index (κ2) is 5.75. The molecule has 0 radical (unpaired) electrons. The van der Waals surface area contributed by atoms with Crippen LogP contribution in [0.5, 0.6) is 0 Å². The Morgan fingerprint density at radius 2 is 2.25 bits per heavy atom. The number of halogens is 1. The zero-order valence-electron chi connectivity index (χ0n) is 9.59. The van der Waals surface area contributed by atoms with Crippen molar-refractivity contribution < 1.29 is 4.79 Å². The second-order valence-corrected chi connectivity index (χ2v) is 4.32. The lowest BCUT2D eigenvalue weighted by Gasteiger charge is -2.11. The molecular formula is C12H17ClN2O. The van der Waals surface area contributed by atoms with E-state index in [9.17, 15) is 4.79 Å². The molecule has 1 rings (SSSR count). The van der Waals surface area contributed by atoms with Crippen LogP contribution in [0, 0.1) is 5.92 Å². The van der Waals surface area contributed by atoms with Crippen LogP contribution in [0.15, 0.2) is 18.2 Å². The van der Waals surface area contributed by atoms with Crippen molar-refractivity contribution in [3.8, 4) is 0 Å². The van der Waals surface area contributed by atoms with E-state index in [1.165, 1.54) is 0 Å². The molecule has 0 saturated heterocycles. The van der Waals surface area contributed by atoms with Crippen LogP contribution < -0.4 is 11.1 Å². The normalized spacial score (nSPS) is 12.2. The number of carbonyl (C=O) groups excluding carboxylic acids is 1. The lowest BCUT2D eigenvalue weighted by molar-refractivity contribution is -0.119. The third-order valence-corrected chi connectivity index (χ3v) is 2.78. The number of nitrogens with two attached hydrogens (primary N) is 1. The molecule has 3 nitrogen and oxygen atoms in total. The zero-order chi connectivity index (χ0) is 12.1. The van der Waals surface area contributed by atoms with Crippen LogP contribution in [-0.2, 0) is 4.79 Å². The van der Waals surface area contributed by atoms with Gasteiger partial charge in [-0.2, -0.15) is 0 Å². The summed E-state index contributed by atoms with van der Waals surface area (Å²) in [5.41, 5.74) is 6.81. The third-order valence-electron chi connectivity index (χ3n) is 2.43. The summed E-state index contributed by atoms with van der Waals surface area (Å²) in [6, 6.07) is 5.09. The molecule has 0 fully saturated rings. The van der Waals surface area contributed by atoms with Gasteiger partial charge < -0.3 is 11.1 Å². The minimum atomic E-state index is 0.0157.